The normalized spacial score (nSPS) is 17.9. The lowest BCUT2D eigenvalue weighted by Crippen LogP contribution is -2.36. The maximum absolute atomic E-state index is 9.88. The molecule has 88 valence electrons. The molecular weight excluding hydrogens is 202 g/mol. The Morgan fingerprint density at radius 1 is 1.44 bits per heavy atom. The summed E-state index contributed by atoms with van der Waals surface area (Å²) in [6.07, 6.45) is 3.82. The molecule has 1 saturated carbocycles. The second-order valence-corrected chi connectivity index (χ2v) is 4.44. The molecule has 1 unspecified atom stereocenters. The standard InChI is InChI=1S/C13H19NO2/c1-9(14-10-4-3-5-10)12-7-6-11(16-2)8-13(12)15/h6-10,14-15H,3-5H2,1-2H3. The molecular formula is C13H19NO2. The van der Waals surface area contributed by atoms with E-state index in [1.54, 1.807) is 13.2 Å². The van der Waals surface area contributed by atoms with E-state index in [-0.39, 0.29) is 6.04 Å². The van der Waals surface area contributed by atoms with Crippen molar-refractivity contribution in [1.82, 2.24) is 5.32 Å². The number of rotatable bonds is 4. The Bertz CT molecular complexity index is 361. The molecule has 0 radical (unpaired) electrons. The third-order valence-electron chi connectivity index (χ3n) is 3.29. The number of hydrogen-bond acceptors (Lipinski definition) is 3. The molecule has 1 aliphatic rings. The van der Waals surface area contributed by atoms with Crippen LogP contribution in [0, 0.1) is 0 Å². The number of benzene rings is 1. The highest BCUT2D eigenvalue weighted by atomic mass is 16.5. The van der Waals surface area contributed by atoms with Gasteiger partial charge in [0.25, 0.3) is 0 Å². The molecule has 2 N–H and O–H groups in total. The highest BCUT2D eigenvalue weighted by Crippen LogP contribution is 2.30. The average molecular weight is 221 g/mol. The molecule has 0 aromatic heterocycles. The molecule has 0 spiro atoms. The van der Waals surface area contributed by atoms with E-state index in [0.717, 1.165) is 5.56 Å². The van der Waals surface area contributed by atoms with Crippen LogP contribution in [0.2, 0.25) is 0 Å². The van der Waals surface area contributed by atoms with Crippen LogP contribution in [-0.4, -0.2) is 18.3 Å². The van der Waals surface area contributed by atoms with Gasteiger partial charge in [-0.15, -0.1) is 0 Å². The van der Waals surface area contributed by atoms with E-state index in [2.05, 4.69) is 12.2 Å². The minimum Gasteiger partial charge on any atom is -0.507 e. The molecule has 16 heavy (non-hydrogen) atoms. The number of aromatic hydroxyl groups is 1. The van der Waals surface area contributed by atoms with Crippen molar-refractivity contribution in [3.63, 3.8) is 0 Å². The van der Waals surface area contributed by atoms with Crippen LogP contribution in [0.3, 0.4) is 0 Å². The predicted molar refractivity (Wildman–Crippen MR) is 63.8 cm³/mol. The largest absolute Gasteiger partial charge is 0.507 e. The van der Waals surface area contributed by atoms with Gasteiger partial charge in [0.05, 0.1) is 7.11 Å². The Hall–Kier alpha value is -1.22. The fourth-order valence-corrected chi connectivity index (χ4v) is 2.03. The Kier molecular flexibility index (Phi) is 3.34. The molecule has 0 heterocycles. The Labute approximate surface area is 96.4 Å². The Balaban J connectivity index is 2.06. The van der Waals surface area contributed by atoms with Gasteiger partial charge in [-0.3, -0.25) is 0 Å². The third kappa shape index (κ3) is 2.30. The van der Waals surface area contributed by atoms with E-state index in [1.807, 2.05) is 12.1 Å². The summed E-state index contributed by atoms with van der Waals surface area (Å²) in [4.78, 5) is 0. The van der Waals surface area contributed by atoms with Crippen molar-refractivity contribution in [2.24, 2.45) is 0 Å². The average Bonchev–Trinajstić information content (AvgIpc) is 2.23. The molecule has 2 rings (SSSR count). The van der Waals surface area contributed by atoms with E-state index in [9.17, 15) is 5.11 Å². The molecule has 1 fully saturated rings. The highest BCUT2D eigenvalue weighted by molar-refractivity contribution is 5.41. The summed E-state index contributed by atoms with van der Waals surface area (Å²) in [5.74, 6) is 0.996. The van der Waals surface area contributed by atoms with Crippen molar-refractivity contribution in [1.29, 1.82) is 0 Å². The lowest BCUT2D eigenvalue weighted by molar-refractivity contribution is 0.309. The molecule has 1 aromatic rings. The molecule has 0 aliphatic heterocycles. The predicted octanol–water partition coefficient (Wildman–Crippen LogP) is 2.60. The van der Waals surface area contributed by atoms with E-state index >= 15 is 0 Å². The van der Waals surface area contributed by atoms with Crippen molar-refractivity contribution >= 4 is 0 Å². The molecule has 1 aromatic carbocycles. The second-order valence-electron chi connectivity index (χ2n) is 4.44. The third-order valence-corrected chi connectivity index (χ3v) is 3.29. The minimum absolute atomic E-state index is 0.191. The van der Waals surface area contributed by atoms with Crippen LogP contribution < -0.4 is 10.1 Å². The van der Waals surface area contributed by atoms with Crippen LogP contribution in [0.4, 0.5) is 0 Å². The second kappa shape index (κ2) is 4.74. The molecule has 1 atom stereocenters. The van der Waals surface area contributed by atoms with Crippen molar-refractivity contribution in [3.8, 4) is 11.5 Å². The van der Waals surface area contributed by atoms with E-state index < -0.39 is 0 Å². The van der Waals surface area contributed by atoms with Crippen LogP contribution in [0.5, 0.6) is 11.5 Å². The number of ether oxygens (including phenoxy) is 1. The molecule has 0 amide bonds. The maximum Gasteiger partial charge on any atom is 0.124 e. The zero-order chi connectivity index (χ0) is 11.5. The van der Waals surface area contributed by atoms with Crippen molar-refractivity contribution < 1.29 is 9.84 Å². The Morgan fingerprint density at radius 2 is 2.19 bits per heavy atom. The number of phenolic OH excluding ortho intramolecular Hbond substituents is 1. The van der Waals surface area contributed by atoms with Crippen LogP contribution >= 0.6 is 0 Å². The summed E-state index contributed by atoms with van der Waals surface area (Å²) in [5.41, 5.74) is 0.938. The molecule has 1 aliphatic carbocycles. The fourth-order valence-electron chi connectivity index (χ4n) is 2.03. The summed E-state index contributed by atoms with van der Waals surface area (Å²) >= 11 is 0. The first-order chi connectivity index (χ1) is 7.70. The van der Waals surface area contributed by atoms with Gasteiger partial charge in [-0.1, -0.05) is 12.5 Å². The number of methoxy groups -OCH3 is 1. The van der Waals surface area contributed by atoms with Gasteiger partial charge in [0.2, 0.25) is 0 Å². The number of hydrogen-bond donors (Lipinski definition) is 2. The van der Waals surface area contributed by atoms with Crippen LogP contribution in [0.1, 0.15) is 37.8 Å². The lowest BCUT2D eigenvalue weighted by Gasteiger charge is -2.30. The summed E-state index contributed by atoms with van der Waals surface area (Å²) in [5, 5.41) is 13.4. The SMILES string of the molecule is COc1ccc(C(C)NC2CCC2)c(O)c1. The fraction of sp³-hybridized carbons (Fsp3) is 0.538. The quantitative estimate of drug-likeness (QED) is 0.821. The van der Waals surface area contributed by atoms with Gasteiger partial charge in [0.15, 0.2) is 0 Å². The smallest absolute Gasteiger partial charge is 0.124 e. The van der Waals surface area contributed by atoms with Gasteiger partial charge in [-0.05, 0) is 25.8 Å². The zero-order valence-electron chi connectivity index (χ0n) is 9.86. The highest BCUT2D eigenvalue weighted by Gasteiger charge is 2.20. The van der Waals surface area contributed by atoms with E-state index in [1.165, 1.54) is 19.3 Å². The van der Waals surface area contributed by atoms with Gasteiger partial charge in [0, 0.05) is 23.7 Å². The van der Waals surface area contributed by atoms with Gasteiger partial charge < -0.3 is 15.2 Å². The number of phenols is 1. The van der Waals surface area contributed by atoms with Crippen LogP contribution in [0.25, 0.3) is 0 Å². The Morgan fingerprint density at radius 3 is 2.69 bits per heavy atom. The topological polar surface area (TPSA) is 41.5 Å². The zero-order valence-corrected chi connectivity index (χ0v) is 9.86. The van der Waals surface area contributed by atoms with Crippen molar-refractivity contribution in [2.45, 2.75) is 38.3 Å². The first kappa shape index (κ1) is 11.3. The molecule has 3 heteroatoms. The van der Waals surface area contributed by atoms with Crippen molar-refractivity contribution in [3.05, 3.63) is 23.8 Å². The maximum atomic E-state index is 9.88. The van der Waals surface area contributed by atoms with E-state index in [0.29, 0.717) is 17.5 Å². The minimum atomic E-state index is 0.191. The lowest BCUT2D eigenvalue weighted by atomic mass is 9.91. The monoisotopic (exact) mass is 221 g/mol. The summed E-state index contributed by atoms with van der Waals surface area (Å²) in [7, 11) is 1.60. The van der Waals surface area contributed by atoms with Gasteiger partial charge in [-0.2, -0.15) is 0 Å². The van der Waals surface area contributed by atoms with Gasteiger partial charge >= 0.3 is 0 Å². The summed E-state index contributed by atoms with van der Waals surface area (Å²) in [6, 6.07) is 6.28. The van der Waals surface area contributed by atoms with Crippen molar-refractivity contribution in [2.75, 3.05) is 7.11 Å². The number of nitrogens with one attached hydrogen (secondary N) is 1. The molecule has 0 saturated heterocycles. The molecule has 0 bridgehead atoms. The molecule has 3 nitrogen and oxygen atoms in total. The summed E-state index contributed by atoms with van der Waals surface area (Å²) in [6.45, 7) is 2.08. The van der Waals surface area contributed by atoms with Gasteiger partial charge in [-0.25, -0.2) is 0 Å². The van der Waals surface area contributed by atoms with Gasteiger partial charge in [0.1, 0.15) is 11.5 Å². The van der Waals surface area contributed by atoms with Crippen LogP contribution in [-0.2, 0) is 0 Å². The first-order valence-electron chi connectivity index (χ1n) is 5.83. The first-order valence-corrected chi connectivity index (χ1v) is 5.83. The van der Waals surface area contributed by atoms with Crippen LogP contribution in [0.15, 0.2) is 18.2 Å². The summed E-state index contributed by atoms with van der Waals surface area (Å²) < 4.78 is 5.06. The van der Waals surface area contributed by atoms with E-state index in [4.69, 9.17) is 4.74 Å².